The van der Waals surface area contributed by atoms with Crippen molar-refractivity contribution in [1.29, 1.82) is 0 Å². The van der Waals surface area contributed by atoms with Crippen molar-refractivity contribution in [2.24, 2.45) is 0 Å². The molecule has 0 aliphatic heterocycles. The quantitative estimate of drug-likeness (QED) is 0.412. The Bertz CT molecular complexity index is 966. The van der Waals surface area contributed by atoms with Crippen LogP contribution in [0.4, 0.5) is 0 Å². The van der Waals surface area contributed by atoms with Gasteiger partial charge in [-0.2, -0.15) is 0 Å². The molecule has 0 bridgehead atoms. The van der Waals surface area contributed by atoms with E-state index in [1.807, 2.05) is 43.3 Å². The summed E-state index contributed by atoms with van der Waals surface area (Å²) in [7, 11) is 0. The predicted octanol–water partition coefficient (Wildman–Crippen LogP) is 6.42. The van der Waals surface area contributed by atoms with Crippen LogP contribution in [-0.2, 0) is 6.42 Å². The first-order valence-electron chi connectivity index (χ1n) is 10.8. The molecule has 0 heterocycles. The smallest absolute Gasteiger partial charge is 0.336 e. The molecule has 0 fully saturated rings. The number of aryl methyl sites for hydroxylation is 1. The number of carbonyl (C=O) groups is 1. The SMILES string of the molecule is CCCCC(NCCc1ccccc1)c1ccc(C(=O)O)c(-c2ccccc2C)c1. The zero-order valence-corrected chi connectivity index (χ0v) is 17.9. The molecule has 0 aliphatic rings. The van der Waals surface area contributed by atoms with Gasteiger partial charge in [0, 0.05) is 6.04 Å². The average Bonchev–Trinajstić information content (AvgIpc) is 2.76. The predicted molar refractivity (Wildman–Crippen MR) is 124 cm³/mol. The van der Waals surface area contributed by atoms with E-state index in [0.717, 1.165) is 54.5 Å². The summed E-state index contributed by atoms with van der Waals surface area (Å²) >= 11 is 0. The summed E-state index contributed by atoms with van der Waals surface area (Å²) in [5, 5.41) is 13.5. The van der Waals surface area contributed by atoms with Crippen molar-refractivity contribution in [3.63, 3.8) is 0 Å². The molecule has 3 rings (SSSR count). The number of carboxylic acid groups (broad SMARTS) is 1. The highest BCUT2D eigenvalue weighted by Gasteiger charge is 2.17. The molecule has 2 N–H and O–H groups in total. The van der Waals surface area contributed by atoms with Gasteiger partial charge in [-0.1, -0.05) is 80.4 Å². The number of rotatable bonds is 10. The summed E-state index contributed by atoms with van der Waals surface area (Å²) in [5.41, 5.74) is 5.69. The first kappa shape index (κ1) is 21.8. The number of unbranched alkanes of at least 4 members (excludes halogenated alkanes) is 1. The fourth-order valence-corrected chi connectivity index (χ4v) is 3.89. The van der Waals surface area contributed by atoms with Crippen LogP contribution in [0.3, 0.4) is 0 Å². The lowest BCUT2D eigenvalue weighted by atomic mass is 9.91. The number of nitrogens with one attached hydrogen (secondary N) is 1. The number of carboxylic acids is 1. The van der Waals surface area contributed by atoms with Crippen molar-refractivity contribution >= 4 is 5.97 Å². The Labute approximate surface area is 179 Å². The molecule has 156 valence electrons. The highest BCUT2D eigenvalue weighted by atomic mass is 16.4. The van der Waals surface area contributed by atoms with E-state index in [2.05, 4.69) is 42.6 Å². The molecule has 0 saturated carbocycles. The van der Waals surface area contributed by atoms with Gasteiger partial charge >= 0.3 is 5.97 Å². The third-order valence-electron chi connectivity index (χ3n) is 5.61. The first-order chi connectivity index (χ1) is 14.6. The molecule has 3 nitrogen and oxygen atoms in total. The van der Waals surface area contributed by atoms with E-state index < -0.39 is 5.97 Å². The second-order valence-corrected chi connectivity index (χ2v) is 7.81. The van der Waals surface area contributed by atoms with Crippen LogP contribution in [0, 0.1) is 6.92 Å². The van der Waals surface area contributed by atoms with Gasteiger partial charge in [-0.05, 0) is 66.3 Å². The molecule has 0 aromatic heterocycles. The second kappa shape index (κ2) is 10.7. The van der Waals surface area contributed by atoms with Crippen molar-refractivity contribution in [1.82, 2.24) is 5.32 Å². The molecule has 3 aromatic carbocycles. The number of benzene rings is 3. The fourth-order valence-electron chi connectivity index (χ4n) is 3.89. The molecule has 0 saturated heterocycles. The summed E-state index contributed by atoms with van der Waals surface area (Å²) in [5.74, 6) is -0.887. The van der Waals surface area contributed by atoms with Crippen molar-refractivity contribution in [2.45, 2.75) is 45.6 Å². The summed E-state index contributed by atoms with van der Waals surface area (Å²) in [6.45, 7) is 5.12. The maximum Gasteiger partial charge on any atom is 0.336 e. The van der Waals surface area contributed by atoms with E-state index in [4.69, 9.17) is 0 Å². The molecular formula is C27H31NO2. The third kappa shape index (κ3) is 5.58. The maximum absolute atomic E-state index is 11.9. The average molecular weight is 402 g/mol. The van der Waals surface area contributed by atoms with Gasteiger partial charge in [-0.25, -0.2) is 4.79 Å². The van der Waals surface area contributed by atoms with E-state index in [9.17, 15) is 9.90 Å². The Balaban J connectivity index is 1.88. The summed E-state index contributed by atoms with van der Waals surface area (Å²) < 4.78 is 0. The lowest BCUT2D eigenvalue weighted by Crippen LogP contribution is -2.24. The highest BCUT2D eigenvalue weighted by molar-refractivity contribution is 5.96. The van der Waals surface area contributed by atoms with Crippen LogP contribution < -0.4 is 5.32 Å². The molecule has 0 amide bonds. The minimum atomic E-state index is -0.887. The van der Waals surface area contributed by atoms with Crippen molar-refractivity contribution < 1.29 is 9.90 Å². The molecule has 3 aromatic rings. The van der Waals surface area contributed by atoms with Gasteiger partial charge in [0.15, 0.2) is 0 Å². The van der Waals surface area contributed by atoms with Gasteiger partial charge in [0.25, 0.3) is 0 Å². The molecular weight excluding hydrogens is 370 g/mol. The van der Waals surface area contributed by atoms with Gasteiger partial charge in [-0.15, -0.1) is 0 Å². The first-order valence-corrected chi connectivity index (χ1v) is 10.8. The van der Waals surface area contributed by atoms with Gasteiger partial charge < -0.3 is 10.4 Å². The van der Waals surface area contributed by atoms with Gasteiger partial charge in [0.2, 0.25) is 0 Å². The van der Waals surface area contributed by atoms with Crippen LogP contribution in [0.2, 0.25) is 0 Å². The minimum absolute atomic E-state index is 0.208. The second-order valence-electron chi connectivity index (χ2n) is 7.81. The topological polar surface area (TPSA) is 49.3 Å². The molecule has 0 aliphatic carbocycles. The molecule has 0 radical (unpaired) electrons. The van der Waals surface area contributed by atoms with E-state index >= 15 is 0 Å². The number of aromatic carboxylic acids is 1. The Morgan fingerprint density at radius 1 is 0.967 bits per heavy atom. The zero-order chi connectivity index (χ0) is 21.3. The molecule has 30 heavy (non-hydrogen) atoms. The largest absolute Gasteiger partial charge is 0.478 e. The zero-order valence-electron chi connectivity index (χ0n) is 17.9. The molecule has 3 heteroatoms. The van der Waals surface area contributed by atoms with Gasteiger partial charge in [0.1, 0.15) is 0 Å². The van der Waals surface area contributed by atoms with E-state index in [1.165, 1.54) is 5.56 Å². The lowest BCUT2D eigenvalue weighted by Gasteiger charge is -2.21. The van der Waals surface area contributed by atoms with Crippen molar-refractivity contribution in [3.05, 3.63) is 95.1 Å². The van der Waals surface area contributed by atoms with E-state index in [-0.39, 0.29) is 6.04 Å². The Morgan fingerprint density at radius 2 is 1.70 bits per heavy atom. The fraction of sp³-hybridized carbons (Fsp3) is 0.296. The number of hydrogen-bond acceptors (Lipinski definition) is 2. The molecule has 0 spiro atoms. The van der Waals surface area contributed by atoms with Crippen LogP contribution in [0.5, 0.6) is 0 Å². The molecule has 1 atom stereocenters. The van der Waals surface area contributed by atoms with Crippen molar-refractivity contribution in [2.75, 3.05) is 6.54 Å². The van der Waals surface area contributed by atoms with Crippen LogP contribution in [0.25, 0.3) is 11.1 Å². The monoisotopic (exact) mass is 401 g/mol. The normalized spacial score (nSPS) is 11.9. The van der Waals surface area contributed by atoms with Gasteiger partial charge in [-0.3, -0.25) is 0 Å². The van der Waals surface area contributed by atoms with E-state index in [1.54, 1.807) is 6.07 Å². The molecule has 1 unspecified atom stereocenters. The van der Waals surface area contributed by atoms with Crippen LogP contribution in [-0.4, -0.2) is 17.6 Å². The summed E-state index contributed by atoms with van der Waals surface area (Å²) in [6, 6.07) is 24.5. The summed E-state index contributed by atoms with van der Waals surface area (Å²) in [6.07, 6.45) is 4.27. The van der Waals surface area contributed by atoms with Crippen LogP contribution in [0.15, 0.2) is 72.8 Å². The maximum atomic E-state index is 11.9. The third-order valence-corrected chi connectivity index (χ3v) is 5.61. The Hall–Kier alpha value is -2.91. The highest BCUT2D eigenvalue weighted by Crippen LogP contribution is 2.31. The van der Waals surface area contributed by atoms with Gasteiger partial charge in [0.05, 0.1) is 5.56 Å². The van der Waals surface area contributed by atoms with Crippen LogP contribution >= 0.6 is 0 Å². The number of hydrogen-bond donors (Lipinski definition) is 2. The standard InChI is InChI=1S/C27H31NO2/c1-3-4-14-26(28-18-17-21-11-6-5-7-12-21)22-15-16-24(27(29)30)25(19-22)23-13-9-8-10-20(23)2/h5-13,15-16,19,26,28H,3-4,14,17-18H2,1-2H3,(H,29,30). The van der Waals surface area contributed by atoms with Crippen molar-refractivity contribution in [3.8, 4) is 11.1 Å². The summed E-state index contributed by atoms with van der Waals surface area (Å²) in [4.78, 5) is 11.9. The lowest BCUT2D eigenvalue weighted by molar-refractivity contribution is 0.0697. The van der Waals surface area contributed by atoms with Crippen LogP contribution in [0.1, 0.15) is 59.3 Å². The Morgan fingerprint density at radius 3 is 2.40 bits per heavy atom. The van der Waals surface area contributed by atoms with E-state index in [0.29, 0.717) is 5.56 Å². The minimum Gasteiger partial charge on any atom is -0.478 e. The Kier molecular flexibility index (Phi) is 7.81.